The Morgan fingerprint density at radius 3 is 2.68 bits per heavy atom. The summed E-state index contributed by atoms with van der Waals surface area (Å²) in [6.45, 7) is 3.92. The second kappa shape index (κ2) is 7.57. The summed E-state index contributed by atoms with van der Waals surface area (Å²) in [5, 5.41) is 16.3. The molecule has 0 saturated carbocycles. The molecule has 0 amide bonds. The predicted octanol–water partition coefficient (Wildman–Crippen LogP) is 2.36. The molecule has 0 spiro atoms. The Hall–Kier alpha value is -2.54. The maximum atomic E-state index is 13.7. The molecule has 1 aliphatic carbocycles. The predicted molar refractivity (Wildman–Crippen MR) is 98.6 cm³/mol. The third-order valence-corrected chi connectivity index (χ3v) is 4.25. The smallest absolute Gasteiger partial charge is 0.211 e. The molecule has 1 aromatic carbocycles. The zero-order chi connectivity index (χ0) is 17.3. The van der Waals surface area contributed by atoms with Gasteiger partial charge in [0.1, 0.15) is 5.82 Å². The van der Waals surface area contributed by atoms with E-state index in [9.17, 15) is 4.39 Å². The highest BCUT2D eigenvalue weighted by Crippen LogP contribution is 2.35. The van der Waals surface area contributed by atoms with Crippen molar-refractivity contribution in [2.24, 2.45) is 21.7 Å². The van der Waals surface area contributed by atoms with E-state index in [0.717, 1.165) is 33.7 Å². The van der Waals surface area contributed by atoms with E-state index in [1.54, 1.807) is 18.3 Å². The van der Waals surface area contributed by atoms with Crippen molar-refractivity contribution in [3.05, 3.63) is 58.2 Å². The lowest BCUT2D eigenvalue weighted by atomic mass is 9.79. The highest BCUT2D eigenvalue weighted by molar-refractivity contribution is 6.04. The summed E-state index contributed by atoms with van der Waals surface area (Å²) in [7, 11) is 0. The van der Waals surface area contributed by atoms with Crippen molar-refractivity contribution in [2.45, 2.75) is 32.6 Å². The van der Waals surface area contributed by atoms with Gasteiger partial charge in [-0.3, -0.25) is 0 Å². The molecule has 1 aliphatic rings. The minimum atomic E-state index is -0.251. The molecule has 4 N–H and O–H groups in total. The number of rotatable bonds is 2. The van der Waals surface area contributed by atoms with Crippen LogP contribution in [0.15, 0.2) is 34.6 Å². The molecule has 0 radical (unpaired) electrons. The van der Waals surface area contributed by atoms with Crippen molar-refractivity contribution in [3.63, 3.8) is 0 Å². The molecule has 132 valence electrons. The minimum Gasteiger partial charge on any atom is -0.369 e. The third kappa shape index (κ3) is 3.93. The highest BCUT2D eigenvalue weighted by atomic mass is 35.5. The first kappa shape index (κ1) is 18.8. The molecule has 1 unspecified atom stereocenters. The molecule has 0 saturated heterocycles. The van der Waals surface area contributed by atoms with Gasteiger partial charge in [-0.15, -0.1) is 17.5 Å². The molecule has 3 rings (SSSR count). The van der Waals surface area contributed by atoms with Crippen molar-refractivity contribution in [2.75, 3.05) is 0 Å². The summed E-state index contributed by atoms with van der Waals surface area (Å²) >= 11 is 0. The van der Waals surface area contributed by atoms with E-state index >= 15 is 0 Å². The summed E-state index contributed by atoms with van der Waals surface area (Å²) in [5.41, 5.74) is 16.3. The summed E-state index contributed by atoms with van der Waals surface area (Å²) < 4.78 is 13.7. The Morgan fingerprint density at radius 1 is 1.20 bits per heavy atom. The van der Waals surface area contributed by atoms with Gasteiger partial charge in [-0.05, 0) is 61.4 Å². The molecular formula is C17H20ClFN6. The number of guanidine groups is 1. The monoisotopic (exact) mass is 362 g/mol. The lowest BCUT2D eigenvalue weighted by Crippen LogP contribution is -2.25. The molecule has 1 aromatic heterocycles. The van der Waals surface area contributed by atoms with Gasteiger partial charge < -0.3 is 11.5 Å². The number of nitrogens with two attached hydrogens (primary N) is 2. The summed E-state index contributed by atoms with van der Waals surface area (Å²) in [4.78, 5) is 0. The number of aromatic nitrogens is 2. The molecule has 0 fully saturated rings. The Bertz CT molecular complexity index is 845. The van der Waals surface area contributed by atoms with Crippen LogP contribution in [0.2, 0.25) is 0 Å². The first-order valence-corrected chi connectivity index (χ1v) is 7.68. The summed E-state index contributed by atoms with van der Waals surface area (Å²) in [5.74, 6) is -0.301. The van der Waals surface area contributed by atoms with E-state index < -0.39 is 0 Å². The molecule has 1 atom stereocenters. The topological polar surface area (TPSA) is 103 Å². The van der Waals surface area contributed by atoms with Crippen LogP contribution in [0.4, 0.5) is 4.39 Å². The van der Waals surface area contributed by atoms with Crippen molar-refractivity contribution in [1.29, 1.82) is 0 Å². The van der Waals surface area contributed by atoms with Crippen molar-refractivity contribution >= 4 is 24.1 Å². The van der Waals surface area contributed by atoms with Crippen LogP contribution in [0.5, 0.6) is 0 Å². The van der Waals surface area contributed by atoms with Crippen molar-refractivity contribution < 1.29 is 4.39 Å². The van der Waals surface area contributed by atoms with Crippen LogP contribution >= 0.6 is 12.4 Å². The SMILES string of the molecule is Cc1ccc(F)cc1C1C/C(=N\N=C(N)N)c2c(C)cnnc2C1.Cl. The van der Waals surface area contributed by atoms with Crippen LogP contribution in [-0.4, -0.2) is 21.9 Å². The fourth-order valence-electron chi connectivity index (χ4n) is 3.19. The number of nitrogens with zero attached hydrogens (tertiary/aromatic N) is 4. The minimum absolute atomic E-state index is 0. The molecule has 1 heterocycles. The molecule has 2 aromatic rings. The molecule has 6 nitrogen and oxygen atoms in total. The van der Waals surface area contributed by atoms with Gasteiger partial charge in [0.2, 0.25) is 5.96 Å². The summed E-state index contributed by atoms with van der Waals surface area (Å²) in [6, 6.07) is 4.83. The Morgan fingerprint density at radius 2 is 1.96 bits per heavy atom. The average molecular weight is 363 g/mol. The fraction of sp³-hybridized carbons (Fsp3) is 0.294. The van der Waals surface area contributed by atoms with Crippen LogP contribution in [0.1, 0.15) is 40.3 Å². The van der Waals surface area contributed by atoms with Gasteiger partial charge in [0.25, 0.3) is 0 Å². The number of halogens is 2. The van der Waals surface area contributed by atoms with Gasteiger partial charge in [-0.1, -0.05) is 6.07 Å². The number of hydrogen-bond donors (Lipinski definition) is 2. The standard InChI is InChI=1S/C17H19FN6.ClH/c1-9-3-4-12(18)7-13(9)11-5-14-16(10(2)8-21-22-14)15(6-11)23-24-17(19)20;/h3-4,7-8,11H,5-6H2,1-2H3,(H4,19,20,24);1H/b23-15+;. The first-order chi connectivity index (χ1) is 11.5. The summed E-state index contributed by atoms with van der Waals surface area (Å²) in [6.07, 6.45) is 2.98. The van der Waals surface area contributed by atoms with Gasteiger partial charge in [0.05, 0.1) is 17.6 Å². The quantitative estimate of drug-likeness (QED) is 0.486. The van der Waals surface area contributed by atoms with Gasteiger partial charge in [0, 0.05) is 5.56 Å². The maximum absolute atomic E-state index is 13.7. The Kier molecular flexibility index (Phi) is 5.69. The van der Waals surface area contributed by atoms with Crippen molar-refractivity contribution in [3.8, 4) is 0 Å². The number of hydrogen-bond acceptors (Lipinski definition) is 4. The van der Waals surface area contributed by atoms with Crippen LogP contribution < -0.4 is 11.5 Å². The van der Waals surface area contributed by atoms with Crippen LogP contribution in [0, 0.1) is 19.7 Å². The molecule has 8 heteroatoms. The molecule has 0 bridgehead atoms. The van der Waals surface area contributed by atoms with E-state index in [1.165, 1.54) is 6.07 Å². The second-order valence-electron chi connectivity index (χ2n) is 6.03. The van der Waals surface area contributed by atoms with Gasteiger partial charge in [0.15, 0.2) is 0 Å². The highest BCUT2D eigenvalue weighted by Gasteiger charge is 2.29. The van der Waals surface area contributed by atoms with Crippen LogP contribution in [-0.2, 0) is 6.42 Å². The van der Waals surface area contributed by atoms with E-state index in [4.69, 9.17) is 11.5 Å². The van der Waals surface area contributed by atoms with E-state index in [-0.39, 0.29) is 30.1 Å². The average Bonchev–Trinajstić information content (AvgIpc) is 2.54. The Balaban J connectivity index is 0.00000225. The molecular weight excluding hydrogens is 343 g/mol. The van der Waals surface area contributed by atoms with E-state index in [0.29, 0.717) is 12.8 Å². The van der Waals surface area contributed by atoms with Crippen LogP contribution in [0.25, 0.3) is 0 Å². The van der Waals surface area contributed by atoms with Crippen LogP contribution in [0.3, 0.4) is 0 Å². The number of aryl methyl sites for hydroxylation is 2. The van der Waals surface area contributed by atoms with E-state index in [2.05, 4.69) is 20.4 Å². The zero-order valence-electron chi connectivity index (χ0n) is 14.0. The third-order valence-electron chi connectivity index (χ3n) is 4.25. The van der Waals surface area contributed by atoms with E-state index in [1.807, 2.05) is 13.8 Å². The normalized spacial score (nSPS) is 17.6. The van der Waals surface area contributed by atoms with Gasteiger partial charge in [-0.25, -0.2) is 4.39 Å². The second-order valence-corrected chi connectivity index (χ2v) is 6.03. The van der Waals surface area contributed by atoms with Gasteiger partial charge >= 0.3 is 0 Å². The maximum Gasteiger partial charge on any atom is 0.211 e. The molecule has 0 aliphatic heterocycles. The lowest BCUT2D eigenvalue weighted by Gasteiger charge is -2.26. The largest absolute Gasteiger partial charge is 0.369 e. The first-order valence-electron chi connectivity index (χ1n) is 7.68. The molecule has 25 heavy (non-hydrogen) atoms. The Labute approximate surface area is 151 Å². The lowest BCUT2D eigenvalue weighted by molar-refractivity contribution is 0.611. The number of fused-ring (bicyclic) bond motifs is 1. The zero-order valence-corrected chi connectivity index (χ0v) is 14.8. The van der Waals surface area contributed by atoms with Gasteiger partial charge in [-0.2, -0.15) is 15.3 Å². The number of benzene rings is 1. The fourth-order valence-corrected chi connectivity index (χ4v) is 3.19. The van der Waals surface area contributed by atoms with Crippen molar-refractivity contribution in [1.82, 2.24) is 10.2 Å².